The molecule has 0 bridgehead atoms. The summed E-state index contributed by atoms with van der Waals surface area (Å²) in [6.07, 6.45) is 5.45. The van der Waals surface area contributed by atoms with Gasteiger partial charge in [0.05, 0.1) is 24.9 Å². The van der Waals surface area contributed by atoms with Crippen LogP contribution in [0.25, 0.3) is 0 Å². The monoisotopic (exact) mass is 327 g/mol. The number of carbonyl (C=O) groups excluding carboxylic acids is 1. The number of aliphatic hydroxyl groups excluding tert-OH is 1. The van der Waals surface area contributed by atoms with Gasteiger partial charge < -0.3 is 20.3 Å². The van der Waals surface area contributed by atoms with Crippen LogP contribution in [0.15, 0.2) is 12.2 Å². The molecule has 134 valence electrons. The Labute approximate surface area is 140 Å². The van der Waals surface area contributed by atoms with Crippen molar-refractivity contribution in [3.63, 3.8) is 0 Å². The van der Waals surface area contributed by atoms with Crippen LogP contribution in [0, 0.1) is 11.8 Å². The maximum absolute atomic E-state index is 12.0. The van der Waals surface area contributed by atoms with Crippen molar-refractivity contribution in [3.8, 4) is 0 Å². The Morgan fingerprint density at radius 3 is 2.61 bits per heavy atom. The van der Waals surface area contributed by atoms with Gasteiger partial charge in [-0.3, -0.25) is 4.79 Å². The van der Waals surface area contributed by atoms with Gasteiger partial charge in [-0.05, 0) is 37.7 Å². The molecule has 0 aromatic heterocycles. The summed E-state index contributed by atoms with van der Waals surface area (Å²) in [6, 6.07) is -0.270. The fourth-order valence-electron chi connectivity index (χ4n) is 3.13. The zero-order chi connectivity index (χ0) is 17.6. The predicted octanol–water partition coefficient (Wildman–Crippen LogP) is 2.02. The number of hydrogen-bond donors (Lipinski definition) is 3. The molecule has 5 nitrogen and oxygen atoms in total. The zero-order valence-corrected chi connectivity index (χ0v) is 15.1. The molecule has 0 aromatic carbocycles. The summed E-state index contributed by atoms with van der Waals surface area (Å²) in [7, 11) is 0. The lowest BCUT2D eigenvalue weighted by Gasteiger charge is -2.29. The van der Waals surface area contributed by atoms with Crippen LogP contribution < -0.4 is 5.32 Å². The predicted molar refractivity (Wildman–Crippen MR) is 91.0 cm³/mol. The molecule has 1 saturated heterocycles. The van der Waals surface area contributed by atoms with E-state index in [0.717, 1.165) is 19.3 Å². The van der Waals surface area contributed by atoms with Gasteiger partial charge in [-0.25, -0.2) is 0 Å². The Bertz CT molecular complexity index is 408. The maximum atomic E-state index is 12.0. The van der Waals surface area contributed by atoms with Crippen LogP contribution in [0.5, 0.6) is 0 Å². The van der Waals surface area contributed by atoms with Gasteiger partial charge in [0.25, 0.3) is 0 Å². The quantitative estimate of drug-likeness (QED) is 0.596. The molecule has 3 N–H and O–H groups in total. The smallest absolute Gasteiger partial charge is 0.244 e. The van der Waals surface area contributed by atoms with Crippen LogP contribution in [0.4, 0.5) is 0 Å². The van der Waals surface area contributed by atoms with Gasteiger partial charge in [0.15, 0.2) is 0 Å². The summed E-state index contributed by atoms with van der Waals surface area (Å²) < 4.78 is 5.90. The van der Waals surface area contributed by atoms with Gasteiger partial charge >= 0.3 is 0 Å². The number of ether oxygens (including phenoxy) is 1. The van der Waals surface area contributed by atoms with Crippen molar-refractivity contribution in [1.29, 1.82) is 0 Å². The first-order valence-corrected chi connectivity index (χ1v) is 8.73. The third-order valence-corrected chi connectivity index (χ3v) is 4.95. The summed E-state index contributed by atoms with van der Waals surface area (Å²) in [5, 5.41) is 22.8. The van der Waals surface area contributed by atoms with Gasteiger partial charge in [0, 0.05) is 6.08 Å². The van der Waals surface area contributed by atoms with Crippen molar-refractivity contribution in [2.75, 3.05) is 6.61 Å². The lowest BCUT2D eigenvalue weighted by Crippen LogP contribution is -2.43. The summed E-state index contributed by atoms with van der Waals surface area (Å²) in [6.45, 7) is 9.72. The molecule has 1 aliphatic rings. The van der Waals surface area contributed by atoms with Crippen LogP contribution in [-0.4, -0.2) is 46.6 Å². The van der Waals surface area contributed by atoms with Crippen molar-refractivity contribution in [3.05, 3.63) is 12.2 Å². The molecule has 1 rings (SSSR count). The average molecular weight is 327 g/mol. The largest absolute Gasteiger partial charge is 0.394 e. The third-order valence-electron chi connectivity index (χ3n) is 4.95. The van der Waals surface area contributed by atoms with Crippen molar-refractivity contribution >= 4 is 5.91 Å². The number of carbonyl (C=O) groups is 1. The Morgan fingerprint density at radius 1 is 1.48 bits per heavy atom. The molecular weight excluding hydrogens is 294 g/mol. The van der Waals surface area contributed by atoms with Crippen LogP contribution in [0.1, 0.15) is 53.9 Å². The highest BCUT2D eigenvalue weighted by Crippen LogP contribution is 2.34. The highest BCUT2D eigenvalue weighted by Gasteiger charge is 2.41. The topological polar surface area (TPSA) is 78.8 Å². The van der Waals surface area contributed by atoms with Gasteiger partial charge in [-0.15, -0.1) is 0 Å². The molecule has 1 aliphatic heterocycles. The summed E-state index contributed by atoms with van der Waals surface area (Å²) in [4.78, 5) is 12.0. The number of amides is 1. The molecule has 1 unspecified atom stereocenters. The van der Waals surface area contributed by atoms with E-state index in [9.17, 15) is 15.0 Å². The van der Waals surface area contributed by atoms with E-state index in [1.54, 1.807) is 6.92 Å². The number of rotatable bonds is 8. The van der Waals surface area contributed by atoms with E-state index in [0.29, 0.717) is 0 Å². The number of hydrogen-bond acceptors (Lipinski definition) is 4. The van der Waals surface area contributed by atoms with E-state index in [1.807, 2.05) is 13.8 Å². The van der Waals surface area contributed by atoms with Crippen molar-refractivity contribution < 1.29 is 19.7 Å². The minimum absolute atomic E-state index is 0.0913. The second kappa shape index (κ2) is 8.81. The molecule has 1 heterocycles. The van der Waals surface area contributed by atoms with Crippen molar-refractivity contribution in [2.24, 2.45) is 11.8 Å². The highest BCUT2D eigenvalue weighted by molar-refractivity contribution is 5.87. The molecule has 0 spiro atoms. The van der Waals surface area contributed by atoms with Gasteiger partial charge in [-0.1, -0.05) is 34.1 Å². The molecular formula is C18H33NO4. The van der Waals surface area contributed by atoms with Crippen LogP contribution >= 0.6 is 0 Å². The fourth-order valence-corrected chi connectivity index (χ4v) is 3.13. The minimum Gasteiger partial charge on any atom is -0.394 e. The van der Waals surface area contributed by atoms with E-state index in [4.69, 9.17) is 4.74 Å². The Hall–Kier alpha value is -0.910. The van der Waals surface area contributed by atoms with Crippen LogP contribution in [0.2, 0.25) is 0 Å². The van der Waals surface area contributed by atoms with E-state index < -0.39 is 5.60 Å². The highest BCUT2D eigenvalue weighted by atomic mass is 16.5. The molecule has 0 aliphatic carbocycles. The molecule has 0 saturated carbocycles. The first kappa shape index (κ1) is 20.1. The lowest BCUT2D eigenvalue weighted by atomic mass is 9.88. The Morgan fingerprint density at radius 2 is 2.13 bits per heavy atom. The van der Waals surface area contributed by atoms with Crippen molar-refractivity contribution in [1.82, 2.24) is 5.32 Å². The minimum atomic E-state index is -1.19. The average Bonchev–Trinajstić information content (AvgIpc) is 2.92. The van der Waals surface area contributed by atoms with Crippen molar-refractivity contribution in [2.45, 2.75) is 77.7 Å². The second-order valence-electron chi connectivity index (χ2n) is 7.04. The van der Waals surface area contributed by atoms with Gasteiger partial charge in [0.1, 0.15) is 5.60 Å². The third kappa shape index (κ3) is 5.59. The first-order valence-electron chi connectivity index (χ1n) is 8.73. The number of nitrogens with one attached hydrogen (secondary N) is 1. The molecule has 0 aromatic rings. The summed E-state index contributed by atoms with van der Waals surface area (Å²) in [5.74, 6) is 0.136. The van der Waals surface area contributed by atoms with Crippen LogP contribution in [-0.2, 0) is 9.53 Å². The molecule has 1 fully saturated rings. The first-order chi connectivity index (χ1) is 10.7. The van der Waals surface area contributed by atoms with E-state index >= 15 is 0 Å². The van der Waals surface area contributed by atoms with E-state index in [2.05, 4.69) is 19.2 Å². The van der Waals surface area contributed by atoms with Gasteiger partial charge in [-0.2, -0.15) is 0 Å². The fraction of sp³-hybridized carbons (Fsp3) is 0.833. The molecule has 5 heteroatoms. The van der Waals surface area contributed by atoms with Gasteiger partial charge in [0.2, 0.25) is 5.91 Å². The summed E-state index contributed by atoms with van der Waals surface area (Å²) >= 11 is 0. The SMILES string of the molecule is CC[C@@H]1C[C@H](C)[C@H](C(C)(O)/C=C/C(=O)N[C@H](CO)[C@@H](C)CC)O1. The standard InChI is InChI=1S/C18H33NO4/c1-6-12(3)15(11-20)19-16(21)8-9-18(5,22)17-13(4)10-14(7-2)23-17/h8-9,12-15,17,20,22H,6-7,10-11H2,1-5H3,(H,19,21)/b9-8+/t12-,13-,14+,15+,17+,18?/m0/s1. The molecule has 6 atom stereocenters. The molecule has 1 amide bonds. The lowest BCUT2D eigenvalue weighted by molar-refractivity contribution is -0.118. The van der Waals surface area contributed by atoms with Crippen LogP contribution in [0.3, 0.4) is 0 Å². The second-order valence-corrected chi connectivity index (χ2v) is 7.04. The van der Waals surface area contributed by atoms with E-state index in [-0.39, 0.29) is 42.6 Å². The maximum Gasteiger partial charge on any atom is 0.244 e. The Balaban J connectivity index is 2.65. The van der Waals surface area contributed by atoms with E-state index in [1.165, 1.54) is 12.2 Å². The summed E-state index contributed by atoms with van der Waals surface area (Å²) in [5.41, 5.74) is -1.19. The zero-order valence-electron chi connectivity index (χ0n) is 15.1. The number of aliphatic hydroxyl groups is 2. The Kier molecular flexibility index (Phi) is 7.71. The molecule has 0 radical (unpaired) electrons. The normalized spacial score (nSPS) is 30.1. The molecule has 23 heavy (non-hydrogen) atoms.